The Bertz CT molecular complexity index is 528. The quantitative estimate of drug-likeness (QED) is 0.810. The molecule has 6 heteroatoms. The molecule has 23 heavy (non-hydrogen) atoms. The zero-order valence-electron chi connectivity index (χ0n) is 14.5. The van der Waals surface area contributed by atoms with Crippen LogP contribution in [0, 0.1) is 11.6 Å². The SMILES string of the molecule is CC(C)N(CCNCc1ccc(F)cc1F)C(=O)OC(C)(C)C. The van der Waals surface area contributed by atoms with Crippen molar-refractivity contribution in [2.45, 2.75) is 52.8 Å². The van der Waals surface area contributed by atoms with E-state index in [4.69, 9.17) is 4.74 Å². The van der Waals surface area contributed by atoms with Crippen molar-refractivity contribution in [2.24, 2.45) is 0 Å². The lowest BCUT2D eigenvalue weighted by Crippen LogP contribution is -2.44. The predicted molar refractivity (Wildman–Crippen MR) is 86.1 cm³/mol. The number of nitrogens with one attached hydrogen (secondary N) is 1. The van der Waals surface area contributed by atoms with Crippen molar-refractivity contribution in [3.05, 3.63) is 35.4 Å². The van der Waals surface area contributed by atoms with Gasteiger partial charge in [0.2, 0.25) is 0 Å². The number of nitrogens with zero attached hydrogens (tertiary/aromatic N) is 1. The molecule has 0 spiro atoms. The summed E-state index contributed by atoms with van der Waals surface area (Å²) in [6, 6.07) is 3.49. The lowest BCUT2D eigenvalue weighted by molar-refractivity contribution is 0.0193. The van der Waals surface area contributed by atoms with Crippen LogP contribution in [0.2, 0.25) is 0 Å². The molecule has 4 nitrogen and oxygen atoms in total. The van der Waals surface area contributed by atoms with Gasteiger partial charge in [0.15, 0.2) is 0 Å². The summed E-state index contributed by atoms with van der Waals surface area (Å²) < 4.78 is 31.7. The number of carbonyl (C=O) groups excluding carboxylic acids is 1. The third-order valence-corrected chi connectivity index (χ3v) is 3.11. The maximum Gasteiger partial charge on any atom is 0.410 e. The molecule has 1 amide bonds. The van der Waals surface area contributed by atoms with Gasteiger partial charge in [0, 0.05) is 37.3 Å². The topological polar surface area (TPSA) is 41.6 Å². The molecule has 0 radical (unpaired) electrons. The molecular formula is C17H26F2N2O2. The van der Waals surface area contributed by atoms with Crippen molar-refractivity contribution in [1.82, 2.24) is 10.2 Å². The van der Waals surface area contributed by atoms with Crippen LogP contribution in [0.4, 0.5) is 13.6 Å². The van der Waals surface area contributed by atoms with Crippen molar-refractivity contribution in [1.29, 1.82) is 0 Å². The number of rotatable bonds is 6. The van der Waals surface area contributed by atoms with Gasteiger partial charge in [-0.2, -0.15) is 0 Å². The second-order valence-electron chi connectivity index (χ2n) is 6.68. The number of benzene rings is 1. The van der Waals surface area contributed by atoms with Crippen LogP contribution in [0.25, 0.3) is 0 Å². The van der Waals surface area contributed by atoms with Crippen molar-refractivity contribution < 1.29 is 18.3 Å². The molecule has 0 aliphatic rings. The predicted octanol–water partition coefficient (Wildman–Crippen LogP) is 3.70. The highest BCUT2D eigenvalue weighted by molar-refractivity contribution is 5.68. The summed E-state index contributed by atoms with van der Waals surface area (Å²) in [6.45, 7) is 10.5. The largest absolute Gasteiger partial charge is 0.444 e. The Balaban J connectivity index is 2.48. The smallest absolute Gasteiger partial charge is 0.410 e. The van der Waals surface area contributed by atoms with E-state index in [2.05, 4.69) is 5.32 Å². The van der Waals surface area contributed by atoms with Crippen LogP contribution >= 0.6 is 0 Å². The molecule has 130 valence electrons. The van der Waals surface area contributed by atoms with E-state index >= 15 is 0 Å². The third-order valence-electron chi connectivity index (χ3n) is 3.11. The number of carbonyl (C=O) groups is 1. The van der Waals surface area contributed by atoms with Crippen LogP contribution < -0.4 is 5.32 Å². The van der Waals surface area contributed by atoms with E-state index in [-0.39, 0.29) is 18.7 Å². The van der Waals surface area contributed by atoms with Gasteiger partial charge < -0.3 is 15.0 Å². The molecular weight excluding hydrogens is 302 g/mol. The second kappa shape index (κ2) is 8.24. The number of ether oxygens (including phenoxy) is 1. The Morgan fingerprint density at radius 3 is 2.48 bits per heavy atom. The van der Waals surface area contributed by atoms with Crippen LogP contribution in [0.1, 0.15) is 40.2 Å². The van der Waals surface area contributed by atoms with Crippen LogP contribution in [-0.2, 0) is 11.3 Å². The van der Waals surface area contributed by atoms with E-state index < -0.39 is 17.2 Å². The van der Waals surface area contributed by atoms with E-state index in [1.807, 2.05) is 34.6 Å². The minimum atomic E-state index is -0.595. The molecule has 0 saturated heterocycles. The Kier molecular flexibility index (Phi) is 6.94. The van der Waals surface area contributed by atoms with Gasteiger partial charge in [0.05, 0.1) is 0 Å². The first-order chi connectivity index (χ1) is 10.6. The number of hydrogen-bond donors (Lipinski definition) is 1. The molecule has 0 aliphatic carbocycles. The van der Waals surface area contributed by atoms with Crippen molar-refractivity contribution in [2.75, 3.05) is 13.1 Å². The fourth-order valence-electron chi connectivity index (χ4n) is 1.97. The normalized spacial score (nSPS) is 11.7. The average molecular weight is 328 g/mol. The maximum atomic E-state index is 13.5. The fourth-order valence-corrected chi connectivity index (χ4v) is 1.97. The van der Waals surface area contributed by atoms with E-state index in [1.54, 1.807) is 4.90 Å². The minimum absolute atomic E-state index is 0.00536. The summed E-state index contributed by atoms with van der Waals surface area (Å²) in [6.07, 6.45) is -0.373. The molecule has 1 rings (SSSR count). The molecule has 0 aliphatic heterocycles. The highest BCUT2D eigenvalue weighted by Gasteiger charge is 2.23. The van der Waals surface area contributed by atoms with E-state index in [9.17, 15) is 13.6 Å². The maximum absolute atomic E-state index is 13.5. The van der Waals surface area contributed by atoms with Gasteiger partial charge in [-0.3, -0.25) is 0 Å². The van der Waals surface area contributed by atoms with Crippen LogP contribution in [0.3, 0.4) is 0 Å². The summed E-state index contributed by atoms with van der Waals surface area (Å²) in [4.78, 5) is 13.7. The fraction of sp³-hybridized carbons (Fsp3) is 0.588. The molecule has 0 fully saturated rings. The highest BCUT2D eigenvalue weighted by atomic mass is 19.1. The summed E-state index contributed by atoms with van der Waals surface area (Å²) in [5.74, 6) is -1.17. The highest BCUT2D eigenvalue weighted by Crippen LogP contribution is 2.12. The molecule has 0 atom stereocenters. The van der Waals surface area contributed by atoms with Gasteiger partial charge in [-0.15, -0.1) is 0 Å². The lowest BCUT2D eigenvalue weighted by atomic mass is 10.2. The van der Waals surface area contributed by atoms with Gasteiger partial charge in [0.1, 0.15) is 17.2 Å². The van der Waals surface area contributed by atoms with Gasteiger partial charge in [-0.25, -0.2) is 13.6 Å². The summed E-state index contributed by atoms with van der Waals surface area (Å²) in [5.41, 5.74) is -0.158. The molecule has 0 aromatic heterocycles. The van der Waals surface area contributed by atoms with E-state index in [1.165, 1.54) is 12.1 Å². The number of hydrogen-bond acceptors (Lipinski definition) is 3. The standard InChI is InChI=1S/C17H26F2N2O2/c1-12(2)21(16(22)23-17(3,4)5)9-8-20-11-13-6-7-14(18)10-15(13)19/h6-7,10,12,20H,8-9,11H2,1-5H3. The number of halogens is 2. The van der Waals surface area contributed by atoms with Crippen LogP contribution in [-0.4, -0.2) is 35.7 Å². The summed E-state index contributed by atoms with van der Waals surface area (Å²) >= 11 is 0. The van der Waals surface area contributed by atoms with E-state index in [0.717, 1.165) is 6.07 Å². The van der Waals surface area contributed by atoms with Gasteiger partial charge in [-0.1, -0.05) is 6.07 Å². The van der Waals surface area contributed by atoms with Crippen LogP contribution in [0.5, 0.6) is 0 Å². The first-order valence-corrected chi connectivity index (χ1v) is 7.74. The molecule has 1 aromatic rings. The van der Waals surface area contributed by atoms with E-state index in [0.29, 0.717) is 18.7 Å². The number of amides is 1. The minimum Gasteiger partial charge on any atom is -0.444 e. The lowest BCUT2D eigenvalue weighted by Gasteiger charge is -2.30. The average Bonchev–Trinajstić information content (AvgIpc) is 2.38. The Labute approximate surface area is 136 Å². The molecule has 0 unspecified atom stereocenters. The zero-order chi connectivity index (χ0) is 17.6. The molecule has 1 aromatic carbocycles. The monoisotopic (exact) mass is 328 g/mol. The molecule has 0 heterocycles. The van der Waals surface area contributed by atoms with Gasteiger partial charge in [-0.05, 0) is 40.7 Å². The Hall–Kier alpha value is -1.69. The zero-order valence-corrected chi connectivity index (χ0v) is 14.5. The Morgan fingerprint density at radius 2 is 1.96 bits per heavy atom. The first kappa shape index (κ1) is 19.4. The van der Waals surface area contributed by atoms with Crippen LogP contribution in [0.15, 0.2) is 18.2 Å². The molecule has 1 N–H and O–H groups in total. The molecule has 0 bridgehead atoms. The first-order valence-electron chi connectivity index (χ1n) is 7.74. The second-order valence-corrected chi connectivity index (χ2v) is 6.68. The Morgan fingerprint density at radius 1 is 1.30 bits per heavy atom. The summed E-state index contributed by atoms with van der Waals surface area (Å²) in [5, 5.41) is 3.05. The van der Waals surface area contributed by atoms with Crippen molar-refractivity contribution in [3.8, 4) is 0 Å². The third kappa shape index (κ3) is 6.95. The van der Waals surface area contributed by atoms with Gasteiger partial charge in [0.25, 0.3) is 0 Å². The van der Waals surface area contributed by atoms with Gasteiger partial charge >= 0.3 is 6.09 Å². The summed E-state index contributed by atoms with van der Waals surface area (Å²) in [7, 11) is 0. The van der Waals surface area contributed by atoms with Crippen molar-refractivity contribution in [3.63, 3.8) is 0 Å². The molecule has 0 saturated carbocycles. The van der Waals surface area contributed by atoms with Crippen molar-refractivity contribution >= 4 is 6.09 Å².